The highest BCUT2D eigenvalue weighted by Crippen LogP contribution is 2.21. The van der Waals surface area contributed by atoms with Crippen molar-refractivity contribution in [3.63, 3.8) is 0 Å². The van der Waals surface area contributed by atoms with Crippen LogP contribution in [0, 0.1) is 0 Å². The molecule has 0 fully saturated rings. The average Bonchev–Trinajstić information content (AvgIpc) is 3.23. The minimum atomic E-state index is -0.0329. The van der Waals surface area contributed by atoms with Crippen LogP contribution in [-0.4, -0.2) is 22.6 Å². The number of aryl methyl sites for hydroxylation is 1. The summed E-state index contributed by atoms with van der Waals surface area (Å²) in [6.45, 7) is 7.42. The van der Waals surface area contributed by atoms with E-state index in [9.17, 15) is 0 Å². The molecule has 2 N–H and O–H groups in total. The SMILES string of the molecule is CC(C)(NCCCn1ccnc1)c1ccc(CCNSc2ccccc2)cc1. The van der Waals surface area contributed by atoms with E-state index in [0.717, 1.165) is 32.5 Å². The number of nitrogens with zero attached hydrogens (tertiary/aromatic N) is 2. The van der Waals surface area contributed by atoms with Crippen LogP contribution in [0.15, 0.2) is 78.2 Å². The van der Waals surface area contributed by atoms with Gasteiger partial charge in [0.1, 0.15) is 0 Å². The van der Waals surface area contributed by atoms with Crippen LogP contribution in [0.1, 0.15) is 31.4 Å². The Morgan fingerprint density at radius 1 is 1.00 bits per heavy atom. The average molecular weight is 395 g/mol. The first-order valence-electron chi connectivity index (χ1n) is 9.88. The van der Waals surface area contributed by atoms with Crippen molar-refractivity contribution in [3.8, 4) is 0 Å². The summed E-state index contributed by atoms with van der Waals surface area (Å²) in [5.41, 5.74) is 2.65. The van der Waals surface area contributed by atoms with Crippen molar-refractivity contribution in [2.75, 3.05) is 13.1 Å². The lowest BCUT2D eigenvalue weighted by Crippen LogP contribution is -2.37. The van der Waals surface area contributed by atoms with Crippen molar-refractivity contribution in [1.29, 1.82) is 0 Å². The van der Waals surface area contributed by atoms with Gasteiger partial charge in [0.2, 0.25) is 0 Å². The fraction of sp³-hybridized carbons (Fsp3) is 0.348. The van der Waals surface area contributed by atoms with E-state index in [2.05, 4.69) is 82.0 Å². The zero-order valence-corrected chi connectivity index (χ0v) is 17.6. The number of hydrogen-bond donors (Lipinski definition) is 2. The summed E-state index contributed by atoms with van der Waals surface area (Å²) < 4.78 is 5.56. The molecule has 3 aromatic rings. The molecule has 0 unspecified atom stereocenters. The summed E-state index contributed by atoms with van der Waals surface area (Å²) in [6.07, 6.45) is 7.82. The van der Waals surface area contributed by atoms with Gasteiger partial charge in [0.05, 0.1) is 6.33 Å². The first kappa shape index (κ1) is 20.6. The minimum Gasteiger partial charge on any atom is -0.337 e. The van der Waals surface area contributed by atoms with E-state index in [0.29, 0.717) is 0 Å². The molecule has 0 aliphatic carbocycles. The molecule has 1 aromatic heterocycles. The molecular formula is C23H30N4S. The fourth-order valence-corrected chi connectivity index (χ4v) is 3.75. The molecule has 0 radical (unpaired) electrons. The first-order chi connectivity index (χ1) is 13.6. The minimum absolute atomic E-state index is 0.0329. The molecule has 0 spiro atoms. The summed E-state index contributed by atoms with van der Waals surface area (Å²) in [5.74, 6) is 0. The third-order valence-corrected chi connectivity index (χ3v) is 5.70. The number of benzene rings is 2. The Morgan fingerprint density at radius 2 is 1.79 bits per heavy atom. The lowest BCUT2D eigenvalue weighted by Gasteiger charge is -2.27. The second-order valence-electron chi connectivity index (χ2n) is 7.46. The Balaban J connectivity index is 1.39. The van der Waals surface area contributed by atoms with Gasteiger partial charge in [-0.3, -0.25) is 4.72 Å². The normalized spacial score (nSPS) is 11.6. The van der Waals surface area contributed by atoms with Gasteiger partial charge >= 0.3 is 0 Å². The Hall–Kier alpha value is -2.08. The summed E-state index contributed by atoms with van der Waals surface area (Å²) >= 11 is 1.69. The van der Waals surface area contributed by atoms with E-state index >= 15 is 0 Å². The number of aromatic nitrogens is 2. The van der Waals surface area contributed by atoms with Crippen LogP contribution < -0.4 is 10.0 Å². The summed E-state index contributed by atoms with van der Waals surface area (Å²) in [6, 6.07) is 19.4. The molecule has 0 aliphatic rings. The summed E-state index contributed by atoms with van der Waals surface area (Å²) in [7, 11) is 0. The molecule has 0 aliphatic heterocycles. The molecule has 0 saturated heterocycles. The largest absolute Gasteiger partial charge is 0.337 e. The van der Waals surface area contributed by atoms with Crippen LogP contribution in [0.3, 0.4) is 0 Å². The smallest absolute Gasteiger partial charge is 0.0945 e. The van der Waals surface area contributed by atoms with Crippen molar-refractivity contribution >= 4 is 11.9 Å². The van der Waals surface area contributed by atoms with E-state index in [1.54, 1.807) is 11.9 Å². The molecule has 2 aromatic carbocycles. The molecule has 4 nitrogen and oxygen atoms in total. The van der Waals surface area contributed by atoms with Gasteiger partial charge in [0, 0.05) is 35.9 Å². The van der Waals surface area contributed by atoms with Gasteiger partial charge < -0.3 is 9.88 Å². The molecular weight excluding hydrogens is 364 g/mol. The number of imidazole rings is 1. The van der Waals surface area contributed by atoms with Crippen molar-refractivity contribution in [3.05, 3.63) is 84.4 Å². The highest BCUT2D eigenvalue weighted by molar-refractivity contribution is 7.97. The van der Waals surface area contributed by atoms with Crippen LogP contribution in [0.5, 0.6) is 0 Å². The van der Waals surface area contributed by atoms with Crippen LogP contribution in [0.4, 0.5) is 0 Å². The number of rotatable bonds is 11. The monoisotopic (exact) mass is 394 g/mol. The van der Waals surface area contributed by atoms with Gasteiger partial charge in [-0.15, -0.1) is 0 Å². The predicted molar refractivity (Wildman–Crippen MR) is 118 cm³/mol. The van der Waals surface area contributed by atoms with Crippen LogP contribution >= 0.6 is 11.9 Å². The van der Waals surface area contributed by atoms with Gasteiger partial charge in [0.15, 0.2) is 0 Å². The second kappa shape index (κ2) is 10.5. The highest BCUT2D eigenvalue weighted by atomic mass is 32.2. The second-order valence-corrected chi connectivity index (χ2v) is 8.43. The summed E-state index contributed by atoms with van der Waals surface area (Å²) in [4.78, 5) is 5.33. The fourth-order valence-electron chi connectivity index (χ4n) is 3.09. The van der Waals surface area contributed by atoms with Gasteiger partial charge in [-0.05, 0) is 68.4 Å². The van der Waals surface area contributed by atoms with Crippen molar-refractivity contribution < 1.29 is 0 Å². The lowest BCUT2D eigenvalue weighted by atomic mass is 9.93. The zero-order chi connectivity index (χ0) is 19.7. The maximum absolute atomic E-state index is 4.08. The predicted octanol–water partition coefficient (Wildman–Crippen LogP) is 4.64. The third-order valence-electron chi connectivity index (χ3n) is 4.84. The van der Waals surface area contributed by atoms with Gasteiger partial charge in [-0.25, -0.2) is 4.98 Å². The van der Waals surface area contributed by atoms with Gasteiger partial charge in [-0.2, -0.15) is 0 Å². The Bertz CT molecular complexity index is 798. The number of hydrogen-bond acceptors (Lipinski definition) is 4. The Labute approximate surface area is 172 Å². The molecule has 0 bridgehead atoms. The van der Waals surface area contributed by atoms with E-state index in [4.69, 9.17) is 0 Å². The van der Waals surface area contributed by atoms with Gasteiger partial charge in [-0.1, -0.05) is 42.5 Å². The van der Waals surface area contributed by atoms with Crippen molar-refractivity contribution in [1.82, 2.24) is 19.6 Å². The van der Waals surface area contributed by atoms with Crippen LogP contribution in [0.2, 0.25) is 0 Å². The molecule has 3 rings (SSSR count). The molecule has 5 heteroatoms. The summed E-state index contributed by atoms with van der Waals surface area (Å²) in [5, 5.41) is 3.68. The van der Waals surface area contributed by atoms with E-state index in [1.807, 2.05) is 24.8 Å². The maximum atomic E-state index is 4.08. The molecule has 148 valence electrons. The van der Waals surface area contributed by atoms with E-state index in [1.165, 1.54) is 16.0 Å². The zero-order valence-electron chi connectivity index (χ0n) is 16.8. The van der Waals surface area contributed by atoms with E-state index in [-0.39, 0.29) is 5.54 Å². The Morgan fingerprint density at radius 3 is 2.50 bits per heavy atom. The number of nitrogens with one attached hydrogen (secondary N) is 2. The molecule has 28 heavy (non-hydrogen) atoms. The quantitative estimate of drug-likeness (QED) is 0.367. The van der Waals surface area contributed by atoms with E-state index < -0.39 is 0 Å². The third kappa shape index (κ3) is 6.51. The molecule has 0 saturated carbocycles. The molecule has 0 atom stereocenters. The van der Waals surface area contributed by atoms with Crippen molar-refractivity contribution in [2.24, 2.45) is 0 Å². The van der Waals surface area contributed by atoms with Crippen LogP contribution in [0.25, 0.3) is 0 Å². The lowest BCUT2D eigenvalue weighted by molar-refractivity contribution is 0.393. The van der Waals surface area contributed by atoms with Gasteiger partial charge in [0.25, 0.3) is 0 Å². The molecule has 1 heterocycles. The van der Waals surface area contributed by atoms with Crippen molar-refractivity contribution in [2.45, 2.75) is 43.7 Å². The van der Waals surface area contributed by atoms with Crippen LogP contribution in [-0.2, 0) is 18.5 Å². The maximum Gasteiger partial charge on any atom is 0.0945 e. The first-order valence-corrected chi connectivity index (χ1v) is 10.7. The topological polar surface area (TPSA) is 41.9 Å². The highest BCUT2D eigenvalue weighted by Gasteiger charge is 2.19. The standard InChI is InChI=1S/C23H30N4S/c1-23(2,25-14-6-17-27-18-16-24-19-27)21-11-9-20(10-12-21)13-15-26-28-22-7-4-3-5-8-22/h3-5,7-12,16,18-19,25-26H,6,13-15,17H2,1-2H3. The molecule has 0 amide bonds. The Kier molecular flexibility index (Phi) is 7.71.